The summed E-state index contributed by atoms with van der Waals surface area (Å²) in [5, 5.41) is 9.89. The molecule has 7 nitrogen and oxygen atoms in total. The van der Waals surface area contributed by atoms with E-state index in [2.05, 4.69) is 21.5 Å². The molecule has 3 heterocycles. The number of rotatable bonds is 5. The summed E-state index contributed by atoms with van der Waals surface area (Å²) in [7, 11) is 1.43. The fraction of sp³-hybridized carbons (Fsp3) is 0.312. The Balaban J connectivity index is 2.14. The van der Waals surface area contributed by atoms with Gasteiger partial charge in [-0.2, -0.15) is 0 Å². The number of aliphatic hydroxyl groups is 1. The van der Waals surface area contributed by atoms with Crippen LogP contribution < -0.4 is 4.74 Å². The minimum absolute atomic E-state index is 0.156. The van der Waals surface area contributed by atoms with Crippen LogP contribution in [0, 0.1) is 5.82 Å². The number of methoxy groups -OCH3 is 1. The second kappa shape index (κ2) is 7.00. The quantitative estimate of drug-likeness (QED) is 0.837. The standard InChI is InChI=1S/C16H16FN3O4/c1-3-12(21)11-8-19-14(15(20-11)16-23-4-5-24-16)9-6-13(22-2)18-7-10(9)17/h3,6-8,12,16,21H,1,4-5H2,2H3. The van der Waals surface area contributed by atoms with E-state index in [1.807, 2.05) is 0 Å². The first-order valence-corrected chi connectivity index (χ1v) is 7.24. The van der Waals surface area contributed by atoms with Gasteiger partial charge in [-0.05, 0) is 0 Å². The van der Waals surface area contributed by atoms with E-state index in [0.717, 1.165) is 6.20 Å². The summed E-state index contributed by atoms with van der Waals surface area (Å²) in [5.74, 6) is -0.344. The predicted molar refractivity (Wildman–Crippen MR) is 81.6 cm³/mol. The van der Waals surface area contributed by atoms with Crippen molar-refractivity contribution in [1.82, 2.24) is 15.0 Å². The van der Waals surface area contributed by atoms with E-state index in [4.69, 9.17) is 14.2 Å². The van der Waals surface area contributed by atoms with Crippen molar-refractivity contribution in [2.24, 2.45) is 0 Å². The predicted octanol–water partition coefficient (Wildman–Crippen LogP) is 1.95. The highest BCUT2D eigenvalue weighted by Crippen LogP contribution is 2.33. The van der Waals surface area contributed by atoms with Crippen LogP contribution in [0.15, 0.2) is 31.1 Å². The van der Waals surface area contributed by atoms with Crippen LogP contribution in [0.3, 0.4) is 0 Å². The first-order chi connectivity index (χ1) is 11.6. The first-order valence-electron chi connectivity index (χ1n) is 7.24. The molecule has 0 aromatic carbocycles. The SMILES string of the molecule is C=CC(O)c1cnc(-c2cc(OC)ncc2F)c(C2OCCO2)n1. The number of hydrogen-bond acceptors (Lipinski definition) is 7. The minimum atomic E-state index is -0.997. The van der Waals surface area contributed by atoms with Gasteiger partial charge in [-0.3, -0.25) is 4.98 Å². The molecule has 24 heavy (non-hydrogen) atoms. The smallest absolute Gasteiger partial charge is 0.213 e. The average molecular weight is 333 g/mol. The third-order valence-electron chi connectivity index (χ3n) is 3.48. The molecular weight excluding hydrogens is 317 g/mol. The zero-order chi connectivity index (χ0) is 17.1. The number of halogens is 1. The normalized spacial score (nSPS) is 16.1. The van der Waals surface area contributed by atoms with Crippen LogP contribution in [0.2, 0.25) is 0 Å². The molecule has 1 aliphatic rings. The summed E-state index contributed by atoms with van der Waals surface area (Å²) in [6.45, 7) is 4.30. The molecule has 1 unspecified atom stereocenters. The number of ether oxygens (including phenoxy) is 3. The maximum atomic E-state index is 14.3. The molecule has 8 heteroatoms. The van der Waals surface area contributed by atoms with Crippen molar-refractivity contribution in [1.29, 1.82) is 0 Å². The van der Waals surface area contributed by atoms with Crippen LogP contribution in [0.4, 0.5) is 4.39 Å². The fourth-order valence-electron chi connectivity index (χ4n) is 2.28. The first kappa shape index (κ1) is 16.4. The number of nitrogens with zero attached hydrogens (tertiary/aromatic N) is 3. The van der Waals surface area contributed by atoms with Gasteiger partial charge in [0, 0.05) is 11.6 Å². The highest BCUT2D eigenvalue weighted by molar-refractivity contribution is 5.63. The van der Waals surface area contributed by atoms with Gasteiger partial charge in [0.1, 0.15) is 17.5 Å². The number of aromatic nitrogens is 3. The molecule has 2 aromatic heterocycles. The highest BCUT2D eigenvalue weighted by atomic mass is 19.1. The lowest BCUT2D eigenvalue weighted by Gasteiger charge is -2.16. The van der Waals surface area contributed by atoms with Gasteiger partial charge in [-0.15, -0.1) is 6.58 Å². The third-order valence-corrected chi connectivity index (χ3v) is 3.48. The molecule has 0 saturated carbocycles. The lowest BCUT2D eigenvalue weighted by Crippen LogP contribution is -2.10. The van der Waals surface area contributed by atoms with Crippen LogP contribution in [-0.4, -0.2) is 40.4 Å². The Bertz CT molecular complexity index is 750. The van der Waals surface area contributed by atoms with E-state index in [1.54, 1.807) is 0 Å². The maximum absolute atomic E-state index is 14.3. The van der Waals surface area contributed by atoms with Crippen molar-refractivity contribution in [3.63, 3.8) is 0 Å². The molecule has 0 bridgehead atoms. The molecule has 126 valence electrons. The molecule has 1 N–H and O–H groups in total. The van der Waals surface area contributed by atoms with Gasteiger partial charge >= 0.3 is 0 Å². The van der Waals surface area contributed by atoms with Crippen molar-refractivity contribution in [2.45, 2.75) is 12.4 Å². The van der Waals surface area contributed by atoms with Crippen molar-refractivity contribution >= 4 is 0 Å². The Morgan fingerprint density at radius 2 is 2.12 bits per heavy atom. The topological polar surface area (TPSA) is 86.6 Å². The van der Waals surface area contributed by atoms with Crippen molar-refractivity contribution in [2.75, 3.05) is 20.3 Å². The molecule has 1 atom stereocenters. The number of aliphatic hydroxyl groups excluding tert-OH is 1. The van der Waals surface area contributed by atoms with Gasteiger partial charge in [0.25, 0.3) is 0 Å². The van der Waals surface area contributed by atoms with Gasteiger partial charge in [0.15, 0.2) is 5.82 Å². The van der Waals surface area contributed by atoms with Crippen LogP contribution in [0.25, 0.3) is 11.3 Å². The van der Waals surface area contributed by atoms with Crippen molar-refractivity contribution < 1.29 is 23.7 Å². The van der Waals surface area contributed by atoms with E-state index in [1.165, 1.54) is 25.4 Å². The van der Waals surface area contributed by atoms with Gasteiger partial charge in [0.05, 0.1) is 38.4 Å². The van der Waals surface area contributed by atoms with Crippen LogP contribution >= 0.6 is 0 Å². The van der Waals surface area contributed by atoms with E-state index < -0.39 is 18.2 Å². The molecule has 2 aromatic rings. The minimum Gasteiger partial charge on any atom is -0.481 e. The zero-order valence-electron chi connectivity index (χ0n) is 13.0. The Hall–Kier alpha value is -2.42. The number of pyridine rings is 1. The summed E-state index contributed by atoms with van der Waals surface area (Å²) in [5.41, 5.74) is 0.936. The monoisotopic (exact) mass is 333 g/mol. The third kappa shape index (κ3) is 3.12. The molecule has 0 amide bonds. The summed E-state index contributed by atoms with van der Waals surface area (Å²) in [4.78, 5) is 12.4. The molecule has 1 aliphatic heterocycles. The van der Waals surface area contributed by atoms with E-state index in [0.29, 0.717) is 13.2 Å². The summed E-state index contributed by atoms with van der Waals surface area (Å²) in [6, 6.07) is 1.42. The Kier molecular flexibility index (Phi) is 4.79. The highest BCUT2D eigenvalue weighted by Gasteiger charge is 2.27. The molecule has 0 radical (unpaired) electrons. The Morgan fingerprint density at radius 1 is 1.38 bits per heavy atom. The Morgan fingerprint density at radius 3 is 2.79 bits per heavy atom. The van der Waals surface area contributed by atoms with E-state index in [9.17, 15) is 9.50 Å². The van der Waals surface area contributed by atoms with Gasteiger partial charge < -0.3 is 19.3 Å². The molecule has 1 saturated heterocycles. The summed E-state index contributed by atoms with van der Waals surface area (Å²) < 4.78 is 30.2. The lowest BCUT2D eigenvalue weighted by molar-refractivity contribution is -0.0473. The van der Waals surface area contributed by atoms with Gasteiger partial charge in [0.2, 0.25) is 12.2 Å². The molecular formula is C16H16FN3O4. The van der Waals surface area contributed by atoms with Crippen LogP contribution in [-0.2, 0) is 9.47 Å². The average Bonchev–Trinajstić information content (AvgIpc) is 3.15. The van der Waals surface area contributed by atoms with E-state index in [-0.39, 0.29) is 28.5 Å². The van der Waals surface area contributed by atoms with Gasteiger partial charge in [-0.1, -0.05) is 6.08 Å². The second-order valence-corrected chi connectivity index (χ2v) is 4.99. The van der Waals surface area contributed by atoms with Crippen molar-refractivity contribution in [3.05, 3.63) is 48.3 Å². The van der Waals surface area contributed by atoms with Crippen LogP contribution in [0.1, 0.15) is 23.8 Å². The molecule has 0 aliphatic carbocycles. The summed E-state index contributed by atoms with van der Waals surface area (Å²) in [6.07, 6.45) is 1.93. The molecule has 1 fully saturated rings. The maximum Gasteiger partial charge on any atom is 0.213 e. The lowest BCUT2D eigenvalue weighted by atomic mass is 10.1. The largest absolute Gasteiger partial charge is 0.481 e. The second-order valence-electron chi connectivity index (χ2n) is 4.99. The van der Waals surface area contributed by atoms with E-state index >= 15 is 0 Å². The molecule has 3 rings (SSSR count). The van der Waals surface area contributed by atoms with Gasteiger partial charge in [-0.25, -0.2) is 14.4 Å². The summed E-state index contributed by atoms with van der Waals surface area (Å²) >= 11 is 0. The Labute approximate surface area is 137 Å². The van der Waals surface area contributed by atoms with Crippen molar-refractivity contribution in [3.8, 4) is 17.1 Å². The van der Waals surface area contributed by atoms with Crippen LogP contribution in [0.5, 0.6) is 5.88 Å². The fourth-order valence-corrected chi connectivity index (χ4v) is 2.28. The zero-order valence-corrected chi connectivity index (χ0v) is 13.0. The number of hydrogen-bond donors (Lipinski definition) is 1. The molecule has 0 spiro atoms.